The number of hydrogen-bond donors (Lipinski definition) is 0. The van der Waals surface area contributed by atoms with Crippen molar-refractivity contribution in [2.24, 2.45) is 0 Å². The smallest absolute Gasteiger partial charge is 0.220 e. The lowest BCUT2D eigenvalue weighted by Crippen LogP contribution is -2.12. The highest BCUT2D eigenvalue weighted by atomic mass is 79.9. The van der Waals surface area contributed by atoms with Crippen molar-refractivity contribution >= 4 is 27.7 Å². The van der Waals surface area contributed by atoms with Gasteiger partial charge in [-0.3, -0.25) is 14.7 Å². The van der Waals surface area contributed by atoms with E-state index in [0.29, 0.717) is 40.2 Å². The third-order valence-electron chi connectivity index (χ3n) is 5.30. The Bertz CT molecular complexity index is 1320. The molecule has 0 spiro atoms. The van der Waals surface area contributed by atoms with Gasteiger partial charge in [0.2, 0.25) is 6.54 Å². The average Bonchev–Trinajstić information content (AvgIpc) is 3.23. The van der Waals surface area contributed by atoms with Crippen LogP contribution in [0, 0.1) is 17.0 Å². The van der Waals surface area contributed by atoms with Gasteiger partial charge in [-0.1, -0.05) is 60.3 Å². The number of nitrogens with zero attached hydrogens (tertiary/aromatic N) is 4. The minimum atomic E-state index is -0.537. The second-order valence-electron chi connectivity index (χ2n) is 7.86. The summed E-state index contributed by atoms with van der Waals surface area (Å²) >= 11 is 4.89. The first kappa shape index (κ1) is 25.7. The number of ether oxygens (including phenoxy) is 2. The van der Waals surface area contributed by atoms with Crippen LogP contribution in [0.25, 0.3) is 5.69 Å². The standard InChI is InChI=1S/C26H25BrN4O4S/c1-3-34-23-15-20(14-22(27)25(23)35-17-19-10-6-4-7-11-19)24(16-30(32)33)36-26-29-28-18(2)31(26)21-12-8-5-9-13-21/h4-15,24H,3,16-17H2,1-2H3/t24-/m0/s1. The zero-order chi connectivity index (χ0) is 25.5. The Morgan fingerprint density at radius 2 is 1.75 bits per heavy atom. The quantitative estimate of drug-likeness (QED) is 0.117. The van der Waals surface area contributed by atoms with Crippen LogP contribution in [0.1, 0.15) is 29.1 Å². The summed E-state index contributed by atoms with van der Waals surface area (Å²) in [6.07, 6.45) is 0. The molecule has 0 aliphatic carbocycles. The van der Waals surface area contributed by atoms with Crippen LogP contribution in [0.4, 0.5) is 0 Å². The van der Waals surface area contributed by atoms with Gasteiger partial charge >= 0.3 is 0 Å². The van der Waals surface area contributed by atoms with Gasteiger partial charge < -0.3 is 9.47 Å². The first-order chi connectivity index (χ1) is 17.5. The first-order valence-corrected chi connectivity index (χ1v) is 13.0. The van der Waals surface area contributed by atoms with Gasteiger partial charge in [0, 0.05) is 10.6 Å². The van der Waals surface area contributed by atoms with E-state index in [0.717, 1.165) is 16.8 Å². The summed E-state index contributed by atoms with van der Waals surface area (Å²) in [4.78, 5) is 11.3. The van der Waals surface area contributed by atoms with Crippen molar-refractivity contribution in [3.63, 3.8) is 0 Å². The molecule has 0 bridgehead atoms. The molecule has 0 aliphatic heterocycles. The molecule has 3 aromatic carbocycles. The number of aromatic nitrogens is 3. The molecule has 186 valence electrons. The molecule has 1 heterocycles. The van der Waals surface area contributed by atoms with Crippen LogP contribution in [0.5, 0.6) is 11.5 Å². The second-order valence-corrected chi connectivity index (χ2v) is 9.88. The summed E-state index contributed by atoms with van der Waals surface area (Å²) in [6, 6.07) is 23.2. The molecule has 0 N–H and O–H groups in total. The van der Waals surface area contributed by atoms with Crippen LogP contribution in [0.2, 0.25) is 0 Å². The van der Waals surface area contributed by atoms with Gasteiger partial charge in [0.05, 0.1) is 11.1 Å². The fraction of sp³-hybridized carbons (Fsp3) is 0.231. The van der Waals surface area contributed by atoms with E-state index < -0.39 is 5.25 Å². The molecule has 0 aliphatic rings. The highest BCUT2D eigenvalue weighted by molar-refractivity contribution is 9.10. The number of aryl methyl sites for hydroxylation is 1. The van der Waals surface area contributed by atoms with Crippen molar-refractivity contribution in [2.45, 2.75) is 30.9 Å². The van der Waals surface area contributed by atoms with Gasteiger partial charge in [-0.05, 0) is 65.2 Å². The van der Waals surface area contributed by atoms with Crippen LogP contribution in [-0.2, 0) is 6.61 Å². The van der Waals surface area contributed by atoms with E-state index in [1.54, 1.807) is 0 Å². The van der Waals surface area contributed by atoms with Crippen LogP contribution >= 0.6 is 27.7 Å². The van der Waals surface area contributed by atoms with Crippen molar-refractivity contribution in [3.8, 4) is 17.2 Å². The zero-order valence-electron chi connectivity index (χ0n) is 19.8. The van der Waals surface area contributed by atoms with Gasteiger partial charge in [-0.25, -0.2) is 0 Å². The average molecular weight is 569 g/mol. The van der Waals surface area contributed by atoms with E-state index in [9.17, 15) is 10.1 Å². The fourth-order valence-corrected chi connectivity index (χ4v) is 5.40. The molecule has 1 atom stereocenters. The first-order valence-electron chi connectivity index (χ1n) is 11.3. The van der Waals surface area contributed by atoms with E-state index in [2.05, 4.69) is 26.1 Å². The van der Waals surface area contributed by atoms with Gasteiger partial charge in [-0.15, -0.1) is 10.2 Å². The van der Waals surface area contributed by atoms with Crippen molar-refractivity contribution in [2.75, 3.05) is 13.2 Å². The molecule has 10 heteroatoms. The number of hydrogen-bond acceptors (Lipinski definition) is 7. The third kappa shape index (κ3) is 6.24. The van der Waals surface area contributed by atoms with Crippen LogP contribution in [0.15, 0.2) is 82.4 Å². The highest BCUT2D eigenvalue weighted by Gasteiger charge is 2.26. The highest BCUT2D eigenvalue weighted by Crippen LogP contribution is 2.43. The number of thioether (sulfide) groups is 1. The van der Waals surface area contributed by atoms with Crippen molar-refractivity contribution in [1.29, 1.82) is 0 Å². The van der Waals surface area contributed by atoms with Crippen LogP contribution in [0.3, 0.4) is 0 Å². The molecule has 0 radical (unpaired) electrons. The molecular weight excluding hydrogens is 544 g/mol. The maximum atomic E-state index is 11.6. The normalized spacial score (nSPS) is 11.8. The lowest BCUT2D eigenvalue weighted by molar-refractivity contribution is -0.479. The summed E-state index contributed by atoms with van der Waals surface area (Å²) in [5, 5.41) is 20.2. The molecule has 0 amide bonds. The largest absolute Gasteiger partial charge is 0.490 e. The SMILES string of the molecule is CCOc1cc([C@H](C[N+](=O)[O-])Sc2nnc(C)n2-c2ccccc2)cc(Br)c1OCc1ccccc1. The molecular formula is C26H25BrN4O4S. The maximum absolute atomic E-state index is 11.6. The van der Waals surface area contributed by atoms with Gasteiger partial charge in [0.25, 0.3) is 0 Å². The van der Waals surface area contributed by atoms with E-state index in [-0.39, 0.29) is 11.5 Å². The molecule has 4 aromatic rings. The predicted molar refractivity (Wildman–Crippen MR) is 143 cm³/mol. The Kier molecular flexibility index (Phi) is 8.61. The van der Waals surface area contributed by atoms with Crippen LogP contribution < -0.4 is 9.47 Å². The fourth-order valence-electron chi connectivity index (χ4n) is 3.67. The second kappa shape index (κ2) is 12.0. The predicted octanol–water partition coefficient (Wildman–Crippen LogP) is 6.43. The van der Waals surface area contributed by atoms with Gasteiger partial charge in [0.1, 0.15) is 17.7 Å². The summed E-state index contributed by atoms with van der Waals surface area (Å²) in [7, 11) is 0. The Morgan fingerprint density at radius 1 is 1.06 bits per heavy atom. The Balaban J connectivity index is 1.67. The molecule has 1 aromatic heterocycles. The Hall–Kier alpha value is -3.37. The number of benzene rings is 3. The molecule has 0 unspecified atom stereocenters. The van der Waals surface area contributed by atoms with Crippen molar-refractivity contribution in [3.05, 3.63) is 104 Å². The van der Waals surface area contributed by atoms with Crippen molar-refractivity contribution in [1.82, 2.24) is 14.8 Å². The molecule has 8 nitrogen and oxygen atoms in total. The lowest BCUT2D eigenvalue weighted by atomic mass is 10.1. The lowest BCUT2D eigenvalue weighted by Gasteiger charge is -2.19. The van der Waals surface area contributed by atoms with Gasteiger partial charge in [-0.2, -0.15) is 0 Å². The van der Waals surface area contributed by atoms with Gasteiger partial charge in [0.15, 0.2) is 16.7 Å². The van der Waals surface area contributed by atoms with E-state index >= 15 is 0 Å². The molecule has 0 saturated carbocycles. The Morgan fingerprint density at radius 3 is 2.42 bits per heavy atom. The van der Waals surface area contributed by atoms with E-state index in [1.807, 2.05) is 91.2 Å². The number of halogens is 1. The minimum absolute atomic E-state index is 0.298. The van der Waals surface area contributed by atoms with Crippen LogP contribution in [-0.4, -0.2) is 32.8 Å². The molecule has 0 fully saturated rings. The maximum Gasteiger partial charge on any atom is 0.220 e. The minimum Gasteiger partial charge on any atom is -0.490 e. The number of nitro groups is 1. The number of rotatable bonds is 11. The van der Waals surface area contributed by atoms with Crippen molar-refractivity contribution < 1.29 is 14.4 Å². The third-order valence-corrected chi connectivity index (χ3v) is 7.07. The zero-order valence-corrected chi connectivity index (χ0v) is 22.2. The molecule has 0 saturated heterocycles. The molecule has 36 heavy (non-hydrogen) atoms. The van der Waals surface area contributed by atoms with E-state index in [4.69, 9.17) is 9.47 Å². The Labute approximate surface area is 221 Å². The summed E-state index contributed by atoms with van der Waals surface area (Å²) in [5.74, 6) is 1.77. The summed E-state index contributed by atoms with van der Waals surface area (Å²) in [6.45, 7) is 4.23. The molecule has 4 rings (SSSR count). The topological polar surface area (TPSA) is 92.3 Å². The summed E-state index contributed by atoms with van der Waals surface area (Å²) in [5.41, 5.74) is 2.64. The summed E-state index contributed by atoms with van der Waals surface area (Å²) < 4.78 is 14.5. The monoisotopic (exact) mass is 568 g/mol. The number of para-hydroxylation sites is 1. The van der Waals surface area contributed by atoms with E-state index in [1.165, 1.54) is 11.8 Å².